The average Bonchev–Trinajstić information content (AvgIpc) is 2.33. The molecule has 0 fully saturated rings. The van der Waals surface area contributed by atoms with Crippen molar-refractivity contribution in [2.45, 2.75) is 6.92 Å². The molecule has 0 spiro atoms. The van der Waals surface area contributed by atoms with E-state index in [-0.39, 0.29) is 5.91 Å². The molecule has 0 aliphatic heterocycles. The fourth-order valence-electron chi connectivity index (χ4n) is 1.53. The molecule has 0 saturated carbocycles. The van der Waals surface area contributed by atoms with Crippen molar-refractivity contribution in [1.29, 1.82) is 0 Å². The predicted octanol–water partition coefficient (Wildman–Crippen LogP) is 2.99. The quantitative estimate of drug-likeness (QED) is 0.838. The van der Waals surface area contributed by atoms with E-state index in [0.29, 0.717) is 21.5 Å². The summed E-state index contributed by atoms with van der Waals surface area (Å²) in [7, 11) is 0. The van der Waals surface area contributed by atoms with Gasteiger partial charge in [0.05, 0.1) is 11.4 Å². The number of halogens is 1. The first-order chi connectivity index (χ1) is 8.58. The molecular formula is C13H12BrN3O. The number of aryl methyl sites for hydroxylation is 1. The van der Waals surface area contributed by atoms with Gasteiger partial charge in [0.15, 0.2) is 0 Å². The highest BCUT2D eigenvalue weighted by Gasteiger charge is 2.12. The number of nitrogen functional groups attached to an aromatic ring is 1. The molecule has 1 aromatic heterocycles. The van der Waals surface area contributed by atoms with E-state index in [2.05, 4.69) is 26.2 Å². The van der Waals surface area contributed by atoms with Crippen molar-refractivity contribution >= 4 is 33.2 Å². The molecule has 0 radical (unpaired) electrons. The van der Waals surface area contributed by atoms with Gasteiger partial charge < -0.3 is 11.1 Å². The summed E-state index contributed by atoms with van der Waals surface area (Å²) in [6.07, 6.45) is 1.57. The molecule has 0 atom stereocenters. The van der Waals surface area contributed by atoms with Gasteiger partial charge in [-0.15, -0.1) is 0 Å². The first-order valence-corrected chi connectivity index (χ1v) is 6.15. The summed E-state index contributed by atoms with van der Waals surface area (Å²) in [5.74, 6) is -0.293. The number of nitrogens with zero attached hydrogens (tertiary/aromatic N) is 1. The van der Waals surface area contributed by atoms with Gasteiger partial charge >= 0.3 is 0 Å². The Kier molecular flexibility index (Phi) is 3.62. The third-order valence-corrected chi connectivity index (χ3v) is 3.07. The lowest BCUT2D eigenvalue weighted by molar-refractivity contribution is 0.102. The van der Waals surface area contributed by atoms with E-state index in [1.807, 2.05) is 19.1 Å². The van der Waals surface area contributed by atoms with Crippen LogP contribution in [0, 0.1) is 6.92 Å². The molecule has 1 aromatic carbocycles. The van der Waals surface area contributed by atoms with Gasteiger partial charge in [-0.05, 0) is 52.7 Å². The van der Waals surface area contributed by atoms with Crippen LogP contribution >= 0.6 is 15.9 Å². The summed E-state index contributed by atoms with van der Waals surface area (Å²) in [4.78, 5) is 16.0. The zero-order chi connectivity index (χ0) is 13.1. The molecule has 2 rings (SSSR count). The van der Waals surface area contributed by atoms with Crippen LogP contribution in [0.25, 0.3) is 0 Å². The Balaban J connectivity index is 2.24. The van der Waals surface area contributed by atoms with Gasteiger partial charge in [-0.2, -0.15) is 0 Å². The van der Waals surface area contributed by atoms with Gasteiger partial charge in [0, 0.05) is 10.7 Å². The first kappa shape index (κ1) is 12.6. The lowest BCUT2D eigenvalue weighted by Crippen LogP contribution is -2.15. The van der Waals surface area contributed by atoms with Gasteiger partial charge in [0.2, 0.25) is 0 Å². The molecule has 0 unspecified atom stereocenters. The minimum Gasteiger partial charge on any atom is -0.397 e. The fourth-order valence-corrected chi connectivity index (χ4v) is 1.97. The summed E-state index contributed by atoms with van der Waals surface area (Å²) in [6, 6.07) is 8.99. The summed E-state index contributed by atoms with van der Waals surface area (Å²) in [6.45, 7) is 1.94. The zero-order valence-electron chi connectivity index (χ0n) is 9.77. The lowest BCUT2D eigenvalue weighted by Gasteiger charge is -2.09. The lowest BCUT2D eigenvalue weighted by atomic mass is 10.2. The molecule has 18 heavy (non-hydrogen) atoms. The number of nitrogens with one attached hydrogen (secondary N) is 1. The molecule has 0 saturated heterocycles. The number of hydrogen-bond donors (Lipinski definition) is 2. The molecule has 92 valence electrons. The van der Waals surface area contributed by atoms with Crippen LogP contribution in [0.15, 0.2) is 41.0 Å². The molecule has 1 amide bonds. The molecular weight excluding hydrogens is 294 g/mol. The third kappa shape index (κ3) is 2.68. The zero-order valence-corrected chi connectivity index (χ0v) is 11.4. The van der Waals surface area contributed by atoms with Gasteiger partial charge in [0.25, 0.3) is 5.91 Å². The largest absolute Gasteiger partial charge is 0.397 e. The van der Waals surface area contributed by atoms with Gasteiger partial charge in [-0.3, -0.25) is 4.79 Å². The normalized spacial score (nSPS) is 10.1. The molecule has 1 heterocycles. The third-order valence-electron chi connectivity index (χ3n) is 2.43. The van der Waals surface area contributed by atoms with Crippen molar-refractivity contribution in [3.63, 3.8) is 0 Å². The number of amides is 1. The van der Waals surface area contributed by atoms with Crippen molar-refractivity contribution in [2.75, 3.05) is 11.1 Å². The number of anilines is 2. The van der Waals surface area contributed by atoms with Crippen LogP contribution in [-0.4, -0.2) is 10.9 Å². The number of aromatic nitrogens is 1. The second kappa shape index (κ2) is 5.18. The number of carbonyl (C=O) groups excluding carboxylic acids is 1. The van der Waals surface area contributed by atoms with Crippen LogP contribution in [0.2, 0.25) is 0 Å². The highest BCUT2D eigenvalue weighted by molar-refractivity contribution is 9.10. The molecule has 2 aromatic rings. The van der Waals surface area contributed by atoms with Crippen LogP contribution < -0.4 is 11.1 Å². The van der Waals surface area contributed by atoms with Crippen LogP contribution in [0.3, 0.4) is 0 Å². The monoisotopic (exact) mass is 305 g/mol. The molecule has 0 aliphatic carbocycles. The van der Waals surface area contributed by atoms with Crippen LogP contribution in [0.4, 0.5) is 11.4 Å². The number of rotatable bonds is 2. The van der Waals surface area contributed by atoms with E-state index in [1.54, 1.807) is 24.4 Å². The van der Waals surface area contributed by atoms with Gasteiger partial charge in [-0.1, -0.05) is 6.07 Å². The second-order valence-electron chi connectivity index (χ2n) is 3.88. The first-order valence-electron chi connectivity index (χ1n) is 5.36. The smallest absolute Gasteiger partial charge is 0.275 e. The number of nitrogens with two attached hydrogens (primary N) is 1. The van der Waals surface area contributed by atoms with Crippen LogP contribution in [-0.2, 0) is 0 Å². The maximum atomic E-state index is 12.0. The van der Waals surface area contributed by atoms with Crippen LogP contribution in [0.5, 0.6) is 0 Å². The van der Waals surface area contributed by atoms with Crippen LogP contribution in [0.1, 0.15) is 16.1 Å². The summed E-state index contributed by atoms with van der Waals surface area (Å²) >= 11 is 3.29. The summed E-state index contributed by atoms with van der Waals surface area (Å²) < 4.78 is 0.646. The van der Waals surface area contributed by atoms with E-state index in [4.69, 9.17) is 5.73 Å². The highest BCUT2D eigenvalue weighted by Crippen LogP contribution is 2.21. The second-order valence-corrected chi connectivity index (χ2v) is 4.73. The van der Waals surface area contributed by atoms with Crippen molar-refractivity contribution < 1.29 is 4.79 Å². The van der Waals surface area contributed by atoms with E-state index in [9.17, 15) is 4.79 Å². The van der Waals surface area contributed by atoms with E-state index in [0.717, 1.165) is 5.56 Å². The van der Waals surface area contributed by atoms with Crippen molar-refractivity contribution in [3.05, 3.63) is 52.3 Å². The topological polar surface area (TPSA) is 68.0 Å². The minimum atomic E-state index is -0.293. The number of hydrogen-bond acceptors (Lipinski definition) is 3. The average molecular weight is 306 g/mol. The van der Waals surface area contributed by atoms with Crippen molar-refractivity contribution in [1.82, 2.24) is 4.98 Å². The standard InChI is InChI=1S/C13H12BrN3O/c1-8-4-5-11(10(15)7-8)17-13(18)12-9(14)3-2-6-16-12/h2-7H,15H2,1H3,(H,17,18). The molecule has 0 bridgehead atoms. The van der Waals surface area contributed by atoms with E-state index >= 15 is 0 Å². The minimum absolute atomic E-state index is 0.293. The fraction of sp³-hybridized carbons (Fsp3) is 0.0769. The Labute approximate surface area is 113 Å². The number of carbonyl (C=O) groups is 1. The Bertz CT molecular complexity index is 599. The van der Waals surface area contributed by atoms with Gasteiger partial charge in [-0.25, -0.2) is 4.98 Å². The van der Waals surface area contributed by atoms with E-state index < -0.39 is 0 Å². The van der Waals surface area contributed by atoms with E-state index in [1.165, 1.54) is 0 Å². The molecule has 4 nitrogen and oxygen atoms in total. The maximum Gasteiger partial charge on any atom is 0.275 e. The summed E-state index contributed by atoms with van der Waals surface area (Å²) in [5, 5.41) is 2.74. The van der Waals surface area contributed by atoms with Crippen molar-refractivity contribution in [3.8, 4) is 0 Å². The Morgan fingerprint density at radius 2 is 2.17 bits per heavy atom. The molecule has 5 heteroatoms. The summed E-state index contributed by atoms with van der Waals surface area (Å²) in [5.41, 5.74) is 8.34. The number of benzene rings is 1. The molecule has 0 aliphatic rings. The predicted molar refractivity (Wildman–Crippen MR) is 75.5 cm³/mol. The Morgan fingerprint density at radius 1 is 1.39 bits per heavy atom. The number of pyridine rings is 1. The highest BCUT2D eigenvalue weighted by atomic mass is 79.9. The Morgan fingerprint density at radius 3 is 2.83 bits per heavy atom. The van der Waals surface area contributed by atoms with Crippen molar-refractivity contribution in [2.24, 2.45) is 0 Å². The molecule has 3 N–H and O–H groups in total. The Hall–Kier alpha value is -1.88. The van der Waals surface area contributed by atoms with Gasteiger partial charge in [0.1, 0.15) is 5.69 Å². The maximum absolute atomic E-state index is 12.0. The SMILES string of the molecule is Cc1ccc(NC(=O)c2ncccc2Br)c(N)c1.